The fourth-order valence-electron chi connectivity index (χ4n) is 4.93. The second kappa shape index (κ2) is 14.9. The minimum atomic E-state index is -1.44. The molecule has 5 rings (SSSR count). The quantitative estimate of drug-likeness (QED) is 0.0987. The molecule has 0 radical (unpaired) electrons. The summed E-state index contributed by atoms with van der Waals surface area (Å²) in [6.07, 6.45) is 2.74. The zero-order chi connectivity index (χ0) is 33.6. The standard InChI is InChI=1S/C33H34F4N6O3S/c1-33(2,3)46-32(44)43-17-21(16-34)14-22(18-43)40-31-39-13-11-25(41-31)23-10-7-12-38-30(23)45-26-15-24(35)29(28(37)27(26)36)42-47-19-20-8-5-4-6-9-20/h4-13,15,21-22,42H,14,16-19H2,1-3H3,(H,39,40,41). The molecule has 47 heavy (non-hydrogen) atoms. The van der Waals surface area contributed by atoms with Crippen LogP contribution in [0.3, 0.4) is 0 Å². The SMILES string of the molecule is CC(C)(C)OC(=O)N1CC(CF)CC(Nc2nccc(-c3cccnc3Oc3cc(F)c(NSCc4ccccc4)c(F)c3F)n2)C1. The molecule has 2 unspecified atom stereocenters. The van der Waals surface area contributed by atoms with Crippen LogP contribution in [-0.4, -0.2) is 57.4 Å². The van der Waals surface area contributed by atoms with Gasteiger partial charge < -0.3 is 24.4 Å². The molecule has 2 aromatic heterocycles. The van der Waals surface area contributed by atoms with E-state index in [1.54, 1.807) is 39.0 Å². The van der Waals surface area contributed by atoms with Gasteiger partial charge in [-0.1, -0.05) is 30.3 Å². The number of carbonyl (C=O) groups is 1. The molecule has 14 heteroatoms. The predicted molar refractivity (Wildman–Crippen MR) is 172 cm³/mol. The number of benzene rings is 2. The number of likely N-dealkylation sites (tertiary alicyclic amines) is 1. The van der Waals surface area contributed by atoms with Gasteiger partial charge in [0.2, 0.25) is 17.6 Å². The first kappa shape index (κ1) is 33.8. The molecule has 0 spiro atoms. The molecule has 9 nitrogen and oxygen atoms in total. The summed E-state index contributed by atoms with van der Waals surface area (Å²) in [4.78, 5) is 27.1. The number of piperidine rings is 1. The summed E-state index contributed by atoms with van der Waals surface area (Å²) in [7, 11) is 0. The van der Waals surface area contributed by atoms with Crippen LogP contribution in [0.1, 0.15) is 32.8 Å². The van der Waals surface area contributed by atoms with Crippen molar-refractivity contribution in [2.75, 3.05) is 29.8 Å². The Balaban J connectivity index is 1.31. The number of alkyl halides is 1. The molecule has 2 N–H and O–H groups in total. The molecule has 2 aromatic carbocycles. The van der Waals surface area contributed by atoms with Crippen molar-refractivity contribution in [1.82, 2.24) is 19.9 Å². The summed E-state index contributed by atoms with van der Waals surface area (Å²) in [5.74, 6) is -4.58. The number of aromatic nitrogens is 3. The molecule has 0 bridgehead atoms. The summed E-state index contributed by atoms with van der Waals surface area (Å²) < 4.78 is 72.5. The predicted octanol–water partition coefficient (Wildman–Crippen LogP) is 8.02. The number of amides is 1. The second-order valence-corrected chi connectivity index (χ2v) is 12.7. The van der Waals surface area contributed by atoms with Gasteiger partial charge in [-0.15, -0.1) is 0 Å². The van der Waals surface area contributed by atoms with Gasteiger partial charge in [0.05, 0.1) is 17.9 Å². The highest BCUT2D eigenvalue weighted by Crippen LogP contribution is 2.36. The van der Waals surface area contributed by atoms with Crippen molar-refractivity contribution in [1.29, 1.82) is 0 Å². The molecular weight excluding hydrogens is 636 g/mol. The molecule has 1 amide bonds. The molecule has 3 heterocycles. The van der Waals surface area contributed by atoms with E-state index in [-0.39, 0.29) is 31.0 Å². The van der Waals surface area contributed by atoms with Crippen molar-refractivity contribution in [3.05, 3.63) is 90.0 Å². The van der Waals surface area contributed by atoms with Crippen LogP contribution in [0.5, 0.6) is 11.6 Å². The summed E-state index contributed by atoms with van der Waals surface area (Å²) in [5.41, 5.74) is 0.183. The van der Waals surface area contributed by atoms with Gasteiger partial charge >= 0.3 is 6.09 Å². The molecule has 1 saturated heterocycles. The fourth-order valence-corrected chi connectivity index (χ4v) is 5.70. The molecule has 1 fully saturated rings. The summed E-state index contributed by atoms with van der Waals surface area (Å²) in [6, 6.07) is 14.4. The largest absolute Gasteiger partial charge is 0.444 e. The molecule has 248 valence electrons. The minimum absolute atomic E-state index is 0.153. The Bertz CT molecular complexity index is 1700. The fraction of sp³-hybridized carbons (Fsp3) is 0.333. The van der Waals surface area contributed by atoms with Crippen LogP contribution in [0, 0.1) is 23.4 Å². The first-order valence-corrected chi connectivity index (χ1v) is 15.8. The third-order valence-corrected chi connectivity index (χ3v) is 7.86. The number of carbonyl (C=O) groups excluding carboxylic acids is 1. The highest BCUT2D eigenvalue weighted by Gasteiger charge is 2.33. The van der Waals surface area contributed by atoms with Gasteiger partial charge in [-0.05, 0) is 62.9 Å². The Labute approximate surface area is 274 Å². The number of nitrogens with one attached hydrogen (secondary N) is 2. The number of anilines is 2. The van der Waals surface area contributed by atoms with E-state index in [4.69, 9.17) is 9.47 Å². The van der Waals surface area contributed by atoms with Crippen molar-refractivity contribution in [2.24, 2.45) is 5.92 Å². The van der Waals surface area contributed by atoms with Gasteiger partial charge in [0.15, 0.2) is 17.4 Å². The Hall–Kier alpha value is -4.59. The van der Waals surface area contributed by atoms with E-state index in [1.165, 1.54) is 17.3 Å². The number of pyridine rings is 1. The zero-order valence-corrected chi connectivity index (χ0v) is 26.8. The highest BCUT2D eigenvalue weighted by molar-refractivity contribution is 7.99. The van der Waals surface area contributed by atoms with Crippen molar-refractivity contribution in [3.63, 3.8) is 0 Å². The molecule has 0 saturated carbocycles. The smallest absolute Gasteiger partial charge is 0.410 e. The number of halogens is 4. The molecule has 4 aromatic rings. The van der Waals surface area contributed by atoms with Crippen LogP contribution in [0.25, 0.3) is 11.3 Å². The number of hydrogen-bond acceptors (Lipinski definition) is 9. The average Bonchev–Trinajstić information content (AvgIpc) is 3.05. The van der Waals surface area contributed by atoms with Crippen LogP contribution in [0.2, 0.25) is 0 Å². The van der Waals surface area contributed by atoms with Crippen molar-refractivity contribution in [2.45, 2.75) is 44.6 Å². The first-order chi connectivity index (χ1) is 22.5. The third kappa shape index (κ3) is 8.82. The number of ether oxygens (including phenoxy) is 2. The number of hydrogen-bond donors (Lipinski definition) is 2. The Morgan fingerprint density at radius 1 is 1.02 bits per heavy atom. The first-order valence-electron chi connectivity index (χ1n) is 14.9. The van der Waals surface area contributed by atoms with Crippen LogP contribution in [0.4, 0.5) is 34.0 Å². The summed E-state index contributed by atoms with van der Waals surface area (Å²) in [5, 5.41) is 3.16. The van der Waals surface area contributed by atoms with E-state index in [0.29, 0.717) is 23.4 Å². The van der Waals surface area contributed by atoms with E-state index < -0.39 is 53.2 Å². The van der Waals surface area contributed by atoms with E-state index in [1.807, 2.05) is 30.3 Å². The Morgan fingerprint density at radius 2 is 1.81 bits per heavy atom. The lowest BCUT2D eigenvalue weighted by molar-refractivity contribution is 0.0139. The molecule has 1 aliphatic heterocycles. The average molecular weight is 671 g/mol. The van der Waals surface area contributed by atoms with Gasteiger partial charge in [-0.25, -0.2) is 28.5 Å². The zero-order valence-electron chi connectivity index (χ0n) is 26.0. The maximum absolute atomic E-state index is 15.1. The van der Waals surface area contributed by atoms with E-state index in [9.17, 15) is 18.0 Å². The Kier molecular flexibility index (Phi) is 10.7. The maximum Gasteiger partial charge on any atom is 0.410 e. The third-order valence-electron chi connectivity index (χ3n) is 7.03. The lowest BCUT2D eigenvalue weighted by Crippen LogP contribution is -2.50. The summed E-state index contributed by atoms with van der Waals surface area (Å²) in [6.45, 7) is 5.13. The van der Waals surface area contributed by atoms with Crippen molar-refractivity contribution >= 4 is 29.7 Å². The van der Waals surface area contributed by atoms with Crippen LogP contribution >= 0.6 is 11.9 Å². The summed E-state index contributed by atoms with van der Waals surface area (Å²) >= 11 is 1.01. The van der Waals surface area contributed by atoms with Gasteiger partial charge in [0.25, 0.3) is 0 Å². The van der Waals surface area contributed by atoms with Gasteiger partial charge in [0.1, 0.15) is 11.3 Å². The van der Waals surface area contributed by atoms with E-state index >= 15 is 4.39 Å². The number of nitrogens with zero attached hydrogens (tertiary/aromatic N) is 4. The highest BCUT2D eigenvalue weighted by atomic mass is 32.2. The second-order valence-electron chi connectivity index (χ2n) is 11.9. The van der Waals surface area contributed by atoms with Crippen molar-refractivity contribution < 1.29 is 31.8 Å². The minimum Gasteiger partial charge on any atom is -0.444 e. The monoisotopic (exact) mass is 670 g/mol. The van der Waals surface area contributed by atoms with Gasteiger partial charge in [-0.3, -0.25) is 4.39 Å². The van der Waals surface area contributed by atoms with Crippen LogP contribution in [-0.2, 0) is 10.5 Å². The lowest BCUT2D eigenvalue weighted by atomic mass is 9.95. The molecule has 2 atom stereocenters. The molecule has 1 aliphatic rings. The van der Waals surface area contributed by atoms with E-state index in [0.717, 1.165) is 23.6 Å². The van der Waals surface area contributed by atoms with Gasteiger partial charge in [-0.2, -0.15) is 4.39 Å². The number of rotatable bonds is 10. The maximum atomic E-state index is 15.1. The molecular formula is C33H34F4N6O3S. The van der Waals surface area contributed by atoms with Gasteiger partial charge in [0, 0.05) is 49.3 Å². The lowest BCUT2D eigenvalue weighted by Gasteiger charge is -2.37. The van der Waals surface area contributed by atoms with Crippen LogP contribution in [0.15, 0.2) is 67.0 Å². The Morgan fingerprint density at radius 3 is 2.55 bits per heavy atom. The van der Waals surface area contributed by atoms with Crippen LogP contribution < -0.4 is 14.8 Å². The normalized spacial score (nSPS) is 16.4. The topological polar surface area (TPSA) is 102 Å². The van der Waals surface area contributed by atoms with Crippen molar-refractivity contribution in [3.8, 4) is 22.9 Å². The van der Waals surface area contributed by atoms with E-state index in [2.05, 4.69) is 25.0 Å². The molecule has 0 aliphatic carbocycles.